The average Bonchev–Trinajstić information content (AvgIpc) is 2.34. The lowest BCUT2D eigenvalue weighted by Crippen LogP contribution is -2.16. The molecule has 94 valence electrons. The number of hydrogen-bond donors (Lipinski definition) is 1. The van der Waals surface area contributed by atoms with Crippen LogP contribution in [0.1, 0.15) is 17.3 Å². The van der Waals surface area contributed by atoms with E-state index < -0.39 is 11.6 Å². The van der Waals surface area contributed by atoms with Crippen molar-refractivity contribution in [1.29, 1.82) is 0 Å². The van der Waals surface area contributed by atoms with E-state index in [1.807, 2.05) is 0 Å². The second-order valence-electron chi connectivity index (χ2n) is 3.48. The Balaban J connectivity index is 2.70. The van der Waals surface area contributed by atoms with Crippen LogP contribution in [0.25, 0.3) is 11.0 Å². The molecule has 1 N–H and O–H groups in total. The van der Waals surface area contributed by atoms with Crippen LogP contribution in [-0.4, -0.2) is 17.7 Å². The molecular weight excluding hydrogens is 304 g/mol. The Morgan fingerprint density at radius 2 is 2.22 bits per heavy atom. The number of phenols is 1. The Hall–Kier alpha value is -1.82. The first-order chi connectivity index (χ1) is 8.54. The van der Waals surface area contributed by atoms with Gasteiger partial charge in [0.05, 0.1) is 11.1 Å². The van der Waals surface area contributed by atoms with Crippen LogP contribution in [0.5, 0.6) is 5.75 Å². The normalized spacial score (nSPS) is 10.6. The quantitative estimate of drug-likeness (QED) is 0.681. The topological polar surface area (TPSA) is 76.7 Å². The minimum absolute atomic E-state index is 0.00819. The van der Waals surface area contributed by atoms with E-state index in [2.05, 4.69) is 15.9 Å². The number of fused-ring (bicyclic) bond motifs is 1. The summed E-state index contributed by atoms with van der Waals surface area (Å²) in [6.45, 7) is 1.81. The minimum Gasteiger partial charge on any atom is -0.507 e. The number of phenolic OH excluding ortho intramolecular Hbond substituents is 1. The Labute approximate surface area is 110 Å². The highest BCUT2D eigenvalue weighted by Crippen LogP contribution is 2.31. The predicted molar refractivity (Wildman–Crippen MR) is 67.8 cm³/mol. The summed E-state index contributed by atoms with van der Waals surface area (Å²) < 4.78 is 10.1. The van der Waals surface area contributed by atoms with E-state index in [4.69, 9.17) is 9.15 Å². The fraction of sp³-hybridized carbons (Fsp3) is 0.167. The molecule has 18 heavy (non-hydrogen) atoms. The summed E-state index contributed by atoms with van der Waals surface area (Å²) in [7, 11) is 0. The molecule has 0 spiro atoms. The maximum Gasteiger partial charge on any atom is 0.351 e. The monoisotopic (exact) mass is 312 g/mol. The molecule has 5 nitrogen and oxygen atoms in total. The summed E-state index contributed by atoms with van der Waals surface area (Å²) in [6, 6.07) is 4.17. The molecule has 0 aliphatic carbocycles. The number of hydrogen-bond acceptors (Lipinski definition) is 5. The van der Waals surface area contributed by atoms with Gasteiger partial charge in [0.1, 0.15) is 16.9 Å². The van der Waals surface area contributed by atoms with Gasteiger partial charge >= 0.3 is 11.6 Å². The Kier molecular flexibility index (Phi) is 3.38. The Bertz CT molecular complexity index is 674. The van der Waals surface area contributed by atoms with Crippen LogP contribution in [0, 0.1) is 0 Å². The number of ether oxygens (including phenoxy) is 1. The first-order valence-electron chi connectivity index (χ1n) is 5.17. The fourth-order valence-corrected chi connectivity index (χ4v) is 1.94. The van der Waals surface area contributed by atoms with Crippen LogP contribution in [0.15, 0.2) is 31.9 Å². The van der Waals surface area contributed by atoms with E-state index in [0.29, 0.717) is 9.86 Å². The van der Waals surface area contributed by atoms with Gasteiger partial charge in [0.25, 0.3) is 0 Å². The van der Waals surface area contributed by atoms with Crippen molar-refractivity contribution in [1.82, 2.24) is 0 Å². The van der Waals surface area contributed by atoms with Crippen molar-refractivity contribution in [3.05, 3.63) is 38.7 Å². The van der Waals surface area contributed by atoms with E-state index in [1.165, 1.54) is 18.2 Å². The molecule has 1 heterocycles. The molecule has 0 fully saturated rings. The van der Waals surface area contributed by atoms with E-state index in [1.54, 1.807) is 6.92 Å². The minimum atomic E-state index is -0.765. The molecule has 2 rings (SSSR count). The van der Waals surface area contributed by atoms with Crippen molar-refractivity contribution >= 4 is 32.9 Å². The molecule has 0 unspecified atom stereocenters. The first-order valence-corrected chi connectivity index (χ1v) is 5.96. The van der Waals surface area contributed by atoms with Gasteiger partial charge < -0.3 is 14.3 Å². The molecule has 0 amide bonds. The smallest absolute Gasteiger partial charge is 0.351 e. The molecule has 6 heteroatoms. The summed E-state index contributed by atoms with van der Waals surface area (Å²) >= 11 is 3.16. The highest BCUT2D eigenvalue weighted by molar-refractivity contribution is 9.10. The zero-order valence-corrected chi connectivity index (χ0v) is 11.0. The molecule has 0 saturated heterocycles. The van der Waals surface area contributed by atoms with Crippen molar-refractivity contribution in [3.8, 4) is 5.75 Å². The van der Waals surface area contributed by atoms with Crippen molar-refractivity contribution in [2.45, 2.75) is 6.92 Å². The molecule has 2 aromatic rings. The number of aromatic hydroxyl groups is 1. The number of halogens is 1. The first kappa shape index (κ1) is 12.6. The summed E-state index contributed by atoms with van der Waals surface area (Å²) in [5, 5.41) is 9.96. The van der Waals surface area contributed by atoms with Crippen molar-refractivity contribution < 1.29 is 19.1 Å². The fourth-order valence-electron chi connectivity index (χ4n) is 1.50. The molecule has 0 radical (unpaired) electrons. The van der Waals surface area contributed by atoms with Gasteiger partial charge in [-0.1, -0.05) is 0 Å². The SMILES string of the molecule is CCOC(=O)c1cc2c(Br)c(O)ccc2oc1=O. The number of esters is 1. The molecule has 1 aromatic carbocycles. The summed E-state index contributed by atoms with van der Waals surface area (Å²) in [4.78, 5) is 23.1. The van der Waals surface area contributed by atoms with Crippen LogP contribution in [0.2, 0.25) is 0 Å². The van der Waals surface area contributed by atoms with Crippen molar-refractivity contribution in [2.75, 3.05) is 6.61 Å². The third-order valence-electron chi connectivity index (χ3n) is 2.33. The summed E-state index contributed by atoms with van der Waals surface area (Å²) in [5.74, 6) is -0.755. The van der Waals surface area contributed by atoms with Crippen molar-refractivity contribution in [2.24, 2.45) is 0 Å². The predicted octanol–water partition coefficient (Wildman–Crippen LogP) is 2.44. The van der Waals surface area contributed by atoms with E-state index >= 15 is 0 Å². The number of carbonyl (C=O) groups excluding carboxylic acids is 1. The Morgan fingerprint density at radius 1 is 1.50 bits per heavy atom. The highest BCUT2D eigenvalue weighted by Gasteiger charge is 2.16. The van der Waals surface area contributed by atoms with E-state index in [0.717, 1.165) is 0 Å². The van der Waals surface area contributed by atoms with Gasteiger partial charge in [-0.15, -0.1) is 0 Å². The van der Waals surface area contributed by atoms with Crippen LogP contribution in [0.4, 0.5) is 0 Å². The van der Waals surface area contributed by atoms with Crippen LogP contribution in [0.3, 0.4) is 0 Å². The van der Waals surface area contributed by atoms with Gasteiger partial charge in [-0.25, -0.2) is 9.59 Å². The lowest BCUT2D eigenvalue weighted by atomic mass is 10.2. The van der Waals surface area contributed by atoms with Crippen LogP contribution >= 0.6 is 15.9 Å². The van der Waals surface area contributed by atoms with Gasteiger partial charge in [-0.2, -0.15) is 0 Å². The number of rotatable bonds is 2. The number of benzene rings is 1. The second kappa shape index (κ2) is 4.81. The van der Waals surface area contributed by atoms with Crippen molar-refractivity contribution in [3.63, 3.8) is 0 Å². The molecule has 0 saturated carbocycles. The average molecular weight is 313 g/mol. The van der Waals surface area contributed by atoms with Crippen LogP contribution in [-0.2, 0) is 4.74 Å². The lowest BCUT2D eigenvalue weighted by Gasteiger charge is -2.04. The maximum absolute atomic E-state index is 11.6. The largest absolute Gasteiger partial charge is 0.507 e. The van der Waals surface area contributed by atoms with Gasteiger partial charge in [0.2, 0.25) is 0 Å². The van der Waals surface area contributed by atoms with Gasteiger partial charge in [-0.3, -0.25) is 0 Å². The van der Waals surface area contributed by atoms with Gasteiger partial charge in [0, 0.05) is 5.39 Å². The molecule has 1 aromatic heterocycles. The third-order valence-corrected chi connectivity index (χ3v) is 3.16. The third kappa shape index (κ3) is 2.11. The van der Waals surface area contributed by atoms with Gasteiger partial charge in [-0.05, 0) is 41.1 Å². The molecule has 0 bridgehead atoms. The Morgan fingerprint density at radius 3 is 2.89 bits per heavy atom. The summed E-state index contributed by atoms with van der Waals surface area (Å²) in [5.41, 5.74) is -0.688. The molecular formula is C12H9BrO5. The highest BCUT2D eigenvalue weighted by atomic mass is 79.9. The lowest BCUT2D eigenvalue weighted by molar-refractivity contribution is 0.0522. The van der Waals surface area contributed by atoms with Gasteiger partial charge in [0.15, 0.2) is 0 Å². The number of carbonyl (C=O) groups is 1. The second-order valence-corrected chi connectivity index (χ2v) is 4.27. The molecule has 0 aliphatic rings. The maximum atomic E-state index is 11.6. The zero-order valence-electron chi connectivity index (χ0n) is 9.40. The zero-order chi connectivity index (χ0) is 13.3. The van der Waals surface area contributed by atoms with E-state index in [9.17, 15) is 14.7 Å². The summed E-state index contributed by atoms with van der Waals surface area (Å²) in [6.07, 6.45) is 0. The van der Waals surface area contributed by atoms with Crippen LogP contribution < -0.4 is 5.63 Å². The molecule has 0 aliphatic heterocycles. The standard InChI is InChI=1S/C12H9BrO5/c1-2-17-11(15)7-5-6-9(18-12(7)16)4-3-8(14)10(6)13/h3-5,14H,2H2,1H3. The van der Waals surface area contributed by atoms with E-state index in [-0.39, 0.29) is 23.5 Å². The molecule has 0 atom stereocenters.